The summed E-state index contributed by atoms with van der Waals surface area (Å²) in [6.45, 7) is 2.84. The van der Waals surface area contributed by atoms with Gasteiger partial charge in [0, 0.05) is 18.0 Å². The van der Waals surface area contributed by atoms with E-state index in [1.165, 1.54) is 0 Å². The first-order chi connectivity index (χ1) is 9.03. The minimum absolute atomic E-state index is 0.123. The third kappa shape index (κ3) is 3.76. The second kappa shape index (κ2) is 6.32. The Hall–Kier alpha value is -0.470. The molecule has 1 atom stereocenters. The highest BCUT2D eigenvalue weighted by atomic mass is 32.2. The van der Waals surface area contributed by atoms with E-state index in [2.05, 4.69) is 4.72 Å². The van der Waals surface area contributed by atoms with Crippen LogP contribution >= 0.6 is 11.3 Å². The van der Waals surface area contributed by atoms with Gasteiger partial charge in [-0.05, 0) is 37.8 Å². The zero-order chi connectivity index (χ0) is 13.9. The number of aryl methyl sites for hydroxylation is 1. The van der Waals surface area contributed by atoms with Gasteiger partial charge in [-0.25, -0.2) is 13.1 Å². The molecule has 1 aromatic rings. The van der Waals surface area contributed by atoms with Crippen molar-refractivity contribution >= 4 is 21.4 Å². The first kappa shape index (κ1) is 14.9. The van der Waals surface area contributed by atoms with Crippen molar-refractivity contribution in [1.29, 1.82) is 0 Å². The molecule has 7 heteroatoms. The highest BCUT2D eigenvalue weighted by molar-refractivity contribution is 7.91. The van der Waals surface area contributed by atoms with Crippen molar-refractivity contribution in [3.8, 4) is 0 Å². The number of sulfonamides is 1. The van der Waals surface area contributed by atoms with E-state index in [9.17, 15) is 8.42 Å². The average molecular weight is 305 g/mol. The van der Waals surface area contributed by atoms with Crippen molar-refractivity contribution < 1.29 is 18.3 Å². The molecule has 1 aromatic heterocycles. The van der Waals surface area contributed by atoms with Crippen LogP contribution < -0.4 is 4.72 Å². The van der Waals surface area contributed by atoms with Gasteiger partial charge in [-0.2, -0.15) is 0 Å². The number of thiophene rings is 1. The summed E-state index contributed by atoms with van der Waals surface area (Å²) in [6.07, 6.45) is 2.95. The van der Waals surface area contributed by atoms with Gasteiger partial charge in [0.1, 0.15) is 4.21 Å². The molecule has 5 nitrogen and oxygen atoms in total. The standard InChI is InChI=1S/C12H19NO4S2/c1-9-7-12(18-11(9)8-14)19(15,16)13-5-4-10-3-2-6-17-10/h7,10,13-14H,2-6,8H2,1H3. The average Bonchev–Trinajstić information content (AvgIpc) is 2.98. The van der Waals surface area contributed by atoms with Gasteiger partial charge < -0.3 is 9.84 Å². The van der Waals surface area contributed by atoms with E-state index >= 15 is 0 Å². The van der Waals surface area contributed by atoms with E-state index in [1.807, 2.05) is 0 Å². The first-order valence-corrected chi connectivity index (χ1v) is 8.64. The molecule has 19 heavy (non-hydrogen) atoms. The van der Waals surface area contributed by atoms with Crippen LogP contribution in [-0.4, -0.2) is 32.8 Å². The zero-order valence-corrected chi connectivity index (χ0v) is 12.5. The van der Waals surface area contributed by atoms with Crippen molar-refractivity contribution in [3.05, 3.63) is 16.5 Å². The smallest absolute Gasteiger partial charge is 0.250 e. The molecule has 1 aliphatic heterocycles. The highest BCUT2D eigenvalue weighted by Gasteiger charge is 2.20. The molecule has 1 aliphatic rings. The van der Waals surface area contributed by atoms with Crippen LogP contribution in [0.5, 0.6) is 0 Å². The second-order valence-electron chi connectivity index (χ2n) is 4.65. The van der Waals surface area contributed by atoms with Crippen molar-refractivity contribution in [2.75, 3.05) is 13.2 Å². The predicted octanol–water partition coefficient (Wildman–Crippen LogP) is 1.40. The summed E-state index contributed by atoms with van der Waals surface area (Å²) < 4.78 is 32.4. The highest BCUT2D eigenvalue weighted by Crippen LogP contribution is 2.25. The quantitative estimate of drug-likeness (QED) is 0.833. The van der Waals surface area contributed by atoms with Crippen molar-refractivity contribution in [2.45, 2.75) is 43.1 Å². The van der Waals surface area contributed by atoms with Crippen LogP contribution in [0.1, 0.15) is 29.7 Å². The lowest BCUT2D eigenvalue weighted by atomic mass is 10.2. The summed E-state index contributed by atoms with van der Waals surface area (Å²) in [4.78, 5) is 0.694. The maximum Gasteiger partial charge on any atom is 0.250 e. The van der Waals surface area contributed by atoms with Gasteiger partial charge in [-0.3, -0.25) is 0 Å². The number of nitrogens with one attached hydrogen (secondary N) is 1. The molecule has 2 N–H and O–H groups in total. The number of hydrogen-bond donors (Lipinski definition) is 2. The van der Waals surface area contributed by atoms with E-state index in [-0.39, 0.29) is 16.9 Å². The molecular weight excluding hydrogens is 286 g/mol. The Labute approximate surface area is 117 Å². The fourth-order valence-corrected chi connectivity index (χ4v) is 4.62. The third-order valence-corrected chi connectivity index (χ3v) is 6.35. The Kier molecular flexibility index (Phi) is 4.97. The van der Waals surface area contributed by atoms with Crippen molar-refractivity contribution in [2.24, 2.45) is 0 Å². The minimum Gasteiger partial charge on any atom is -0.391 e. The topological polar surface area (TPSA) is 75.6 Å². The first-order valence-electron chi connectivity index (χ1n) is 6.34. The van der Waals surface area contributed by atoms with Crippen LogP contribution in [0.2, 0.25) is 0 Å². The summed E-state index contributed by atoms with van der Waals surface area (Å²) in [5.74, 6) is 0. The zero-order valence-electron chi connectivity index (χ0n) is 10.9. The number of aliphatic hydroxyl groups excluding tert-OH is 1. The van der Waals surface area contributed by atoms with Gasteiger partial charge in [0.2, 0.25) is 10.0 Å². The molecule has 0 saturated carbocycles. The number of rotatable bonds is 6. The molecule has 1 unspecified atom stereocenters. The monoisotopic (exact) mass is 305 g/mol. The van der Waals surface area contributed by atoms with Crippen LogP contribution in [0, 0.1) is 6.92 Å². The van der Waals surface area contributed by atoms with Gasteiger partial charge in [-0.1, -0.05) is 0 Å². The molecule has 108 valence electrons. The van der Waals surface area contributed by atoms with Gasteiger partial charge >= 0.3 is 0 Å². The summed E-state index contributed by atoms with van der Waals surface area (Å²) in [5, 5.41) is 9.10. The van der Waals surface area contributed by atoms with Crippen LogP contribution in [0.25, 0.3) is 0 Å². The predicted molar refractivity (Wildman–Crippen MR) is 73.8 cm³/mol. The van der Waals surface area contributed by atoms with E-state index in [4.69, 9.17) is 9.84 Å². The minimum atomic E-state index is -3.46. The Morgan fingerprint density at radius 1 is 1.58 bits per heavy atom. The molecular formula is C12H19NO4S2. The fraction of sp³-hybridized carbons (Fsp3) is 0.667. The molecule has 0 spiro atoms. The Morgan fingerprint density at radius 3 is 2.95 bits per heavy atom. The van der Waals surface area contributed by atoms with Gasteiger partial charge in [0.25, 0.3) is 0 Å². The van der Waals surface area contributed by atoms with E-state index < -0.39 is 10.0 Å². The number of ether oxygens (including phenoxy) is 1. The molecule has 0 aliphatic carbocycles. The second-order valence-corrected chi connectivity index (χ2v) is 7.78. The van der Waals surface area contributed by atoms with Crippen LogP contribution in [0.15, 0.2) is 10.3 Å². The number of aliphatic hydroxyl groups is 1. The van der Waals surface area contributed by atoms with Gasteiger partial charge in [0.15, 0.2) is 0 Å². The molecule has 2 rings (SSSR count). The van der Waals surface area contributed by atoms with Crippen molar-refractivity contribution in [1.82, 2.24) is 4.72 Å². The maximum atomic E-state index is 12.1. The number of hydrogen-bond acceptors (Lipinski definition) is 5. The Balaban J connectivity index is 1.93. The normalized spacial score (nSPS) is 20.0. The molecule has 1 fully saturated rings. The van der Waals surface area contributed by atoms with Crippen molar-refractivity contribution in [3.63, 3.8) is 0 Å². The molecule has 0 aromatic carbocycles. The van der Waals surface area contributed by atoms with E-state index in [0.29, 0.717) is 17.8 Å². The Morgan fingerprint density at radius 2 is 2.37 bits per heavy atom. The maximum absolute atomic E-state index is 12.1. The van der Waals surface area contributed by atoms with Crippen LogP contribution in [-0.2, 0) is 21.4 Å². The van der Waals surface area contributed by atoms with Gasteiger partial charge in [-0.15, -0.1) is 11.3 Å². The largest absolute Gasteiger partial charge is 0.391 e. The summed E-state index contributed by atoms with van der Waals surface area (Å²) in [6, 6.07) is 1.60. The van der Waals surface area contributed by atoms with E-state index in [0.717, 1.165) is 36.3 Å². The summed E-state index contributed by atoms with van der Waals surface area (Å²) in [7, 11) is -3.46. The lowest BCUT2D eigenvalue weighted by Crippen LogP contribution is -2.26. The fourth-order valence-electron chi connectivity index (χ4n) is 2.08. The van der Waals surface area contributed by atoms with Crippen LogP contribution in [0.4, 0.5) is 0 Å². The SMILES string of the molecule is Cc1cc(S(=O)(=O)NCCC2CCCO2)sc1CO. The molecule has 0 amide bonds. The van der Waals surface area contributed by atoms with E-state index in [1.54, 1.807) is 13.0 Å². The molecule has 1 saturated heterocycles. The molecule has 0 bridgehead atoms. The van der Waals surface area contributed by atoms with Crippen LogP contribution in [0.3, 0.4) is 0 Å². The summed E-state index contributed by atoms with van der Waals surface area (Å²) in [5.41, 5.74) is 0.812. The third-order valence-electron chi connectivity index (χ3n) is 3.19. The Bertz CT molecular complexity index is 518. The molecule has 0 radical (unpaired) electrons. The van der Waals surface area contributed by atoms with Gasteiger partial charge in [0.05, 0.1) is 12.7 Å². The summed E-state index contributed by atoms with van der Waals surface area (Å²) >= 11 is 1.12. The molecule has 2 heterocycles. The lowest BCUT2D eigenvalue weighted by molar-refractivity contribution is 0.105. The lowest BCUT2D eigenvalue weighted by Gasteiger charge is -2.09.